The zero-order valence-corrected chi connectivity index (χ0v) is 27.3. The molecule has 2 aromatic carbocycles. The summed E-state index contributed by atoms with van der Waals surface area (Å²) in [6.07, 6.45) is 9.11. The van der Waals surface area contributed by atoms with E-state index in [-0.39, 0.29) is 11.8 Å². The smallest absolute Gasteiger partial charge is 0.242 e. The first-order valence-corrected chi connectivity index (χ1v) is 16.5. The van der Waals surface area contributed by atoms with Gasteiger partial charge in [-0.2, -0.15) is 0 Å². The highest BCUT2D eigenvalue weighted by Gasteiger charge is 2.29. The number of hydrogen-bond donors (Lipinski definition) is 2. The molecule has 2 atom stereocenters. The molecule has 1 fully saturated rings. The van der Waals surface area contributed by atoms with Crippen LogP contribution in [0.25, 0.3) is 0 Å². The molecule has 242 valence electrons. The lowest BCUT2D eigenvalue weighted by Gasteiger charge is -2.30. The first-order valence-electron chi connectivity index (χ1n) is 16.5. The molecule has 0 saturated carbocycles. The lowest BCUT2D eigenvalue weighted by atomic mass is 10.0. The summed E-state index contributed by atoms with van der Waals surface area (Å²) in [4.78, 5) is 36.2. The maximum absolute atomic E-state index is 14.0. The van der Waals surface area contributed by atoms with E-state index in [1.807, 2.05) is 73.8 Å². The monoisotopic (exact) mass is 613 g/mol. The molecule has 0 aliphatic carbocycles. The van der Waals surface area contributed by atoms with Crippen molar-refractivity contribution >= 4 is 11.8 Å². The number of pyridine rings is 1. The fraction of sp³-hybridized carbons (Fsp3) is 0.486. The first-order chi connectivity index (χ1) is 21.9. The Kier molecular flexibility index (Phi) is 13.9. The van der Waals surface area contributed by atoms with Gasteiger partial charge in [0.25, 0.3) is 0 Å². The third kappa shape index (κ3) is 11.9. The number of rotatable bonds is 17. The van der Waals surface area contributed by atoms with E-state index in [1.165, 1.54) is 19.3 Å². The van der Waals surface area contributed by atoms with Crippen LogP contribution in [0.4, 0.5) is 0 Å². The second kappa shape index (κ2) is 18.3. The molecule has 1 aliphatic rings. The molecule has 0 radical (unpaired) electrons. The molecule has 2 heterocycles. The summed E-state index contributed by atoms with van der Waals surface area (Å²) in [7, 11) is 2.00. The Morgan fingerprint density at radius 1 is 0.867 bits per heavy atom. The molecule has 1 aliphatic heterocycles. The molecule has 1 saturated heterocycles. The van der Waals surface area contributed by atoms with Crippen LogP contribution in [0.1, 0.15) is 56.2 Å². The van der Waals surface area contributed by atoms with E-state index in [9.17, 15) is 9.59 Å². The standard InChI is InChI=1S/C37H51N5O3/c1-29(2)18-24-41(3)35(27-31-16-19-38-20-17-31)37(44)40-34(36(43)39-21-25-42-22-8-5-9-23-42)26-30-12-14-33(15-13-30)45-28-32-10-6-4-7-11-32/h4,6-7,10-17,19-20,29,34-35H,5,8-9,18,21-28H2,1-3H3,(H,39,43)(H,40,44). The van der Waals surface area contributed by atoms with Crippen molar-refractivity contribution in [2.75, 3.05) is 39.8 Å². The Balaban J connectivity index is 1.44. The van der Waals surface area contributed by atoms with Gasteiger partial charge >= 0.3 is 0 Å². The highest BCUT2D eigenvalue weighted by molar-refractivity contribution is 5.90. The van der Waals surface area contributed by atoms with Crippen molar-refractivity contribution in [1.29, 1.82) is 0 Å². The summed E-state index contributed by atoms with van der Waals surface area (Å²) in [6, 6.07) is 20.6. The summed E-state index contributed by atoms with van der Waals surface area (Å²) in [5.41, 5.74) is 3.10. The van der Waals surface area contributed by atoms with Crippen molar-refractivity contribution in [3.05, 3.63) is 95.8 Å². The summed E-state index contributed by atoms with van der Waals surface area (Å²) in [6.45, 7) is 9.19. The molecular formula is C37H51N5O3. The maximum atomic E-state index is 14.0. The zero-order chi connectivity index (χ0) is 31.9. The topological polar surface area (TPSA) is 86.8 Å². The van der Waals surface area contributed by atoms with Gasteiger partial charge in [0.1, 0.15) is 18.4 Å². The number of ether oxygens (including phenoxy) is 1. The number of likely N-dealkylation sites (tertiary alicyclic amines) is 1. The van der Waals surface area contributed by atoms with Gasteiger partial charge in [0.05, 0.1) is 6.04 Å². The second-order valence-corrected chi connectivity index (χ2v) is 12.6. The molecule has 2 amide bonds. The summed E-state index contributed by atoms with van der Waals surface area (Å²) < 4.78 is 5.97. The quantitative estimate of drug-likeness (QED) is 0.226. The zero-order valence-electron chi connectivity index (χ0n) is 27.3. The Morgan fingerprint density at radius 3 is 2.24 bits per heavy atom. The van der Waals surface area contributed by atoms with Crippen LogP contribution in [0.3, 0.4) is 0 Å². The Morgan fingerprint density at radius 2 is 1.56 bits per heavy atom. The van der Waals surface area contributed by atoms with E-state index in [0.717, 1.165) is 55.0 Å². The van der Waals surface area contributed by atoms with Crippen LogP contribution in [0.2, 0.25) is 0 Å². The number of hydrogen-bond acceptors (Lipinski definition) is 6. The summed E-state index contributed by atoms with van der Waals surface area (Å²) in [5, 5.41) is 6.27. The highest BCUT2D eigenvalue weighted by atomic mass is 16.5. The van der Waals surface area contributed by atoms with Gasteiger partial charge in [-0.25, -0.2) is 0 Å². The van der Waals surface area contributed by atoms with Gasteiger partial charge in [-0.05, 0) is 99.2 Å². The third-order valence-corrected chi connectivity index (χ3v) is 8.49. The van der Waals surface area contributed by atoms with Crippen molar-refractivity contribution in [3.63, 3.8) is 0 Å². The number of benzene rings is 2. The van der Waals surface area contributed by atoms with Crippen LogP contribution in [0, 0.1) is 5.92 Å². The van der Waals surface area contributed by atoms with Crippen LogP contribution in [0.5, 0.6) is 5.75 Å². The van der Waals surface area contributed by atoms with Gasteiger partial charge in [-0.1, -0.05) is 62.7 Å². The number of carbonyl (C=O) groups is 2. The van der Waals surface area contributed by atoms with Crippen molar-refractivity contribution in [2.45, 2.75) is 71.1 Å². The van der Waals surface area contributed by atoms with Gasteiger partial charge in [0.15, 0.2) is 0 Å². The largest absolute Gasteiger partial charge is 0.489 e. The van der Waals surface area contributed by atoms with E-state index in [4.69, 9.17) is 4.74 Å². The third-order valence-electron chi connectivity index (χ3n) is 8.49. The van der Waals surface area contributed by atoms with Crippen molar-refractivity contribution in [2.24, 2.45) is 5.92 Å². The summed E-state index contributed by atoms with van der Waals surface area (Å²) in [5.74, 6) is 0.989. The lowest BCUT2D eigenvalue weighted by Crippen LogP contribution is -2.55. The number of nitrogens with zero attached hydrogens (tertiary/aromatic N) is 3. The Bertz CT molecular complexity index is 1280. The molecule has 2 unspecified atom stereocenters. The average molecular weight is 614 g/mol. The minimum atomic E-state index is -0.701. The number of likely N-dealkylation sites (N-methyl/N-ethyl adjacent to an activating group) is 1. The van der Waals surface area contributed by atoms with Crippen molar-refractivity contribution < 1.29 is 14.3 Å². The maximum Gasteiger partial charge on any atom is 0.242 e. The van der Waals surface area contributed by atoms with E-state index in [2.05, 4.69) is 39.3 Å². The summed E-state index contributed by atoms with van der Waals surface area (Å²) >= 11 is 0. The normalized spacial score (nSPS) is 15.0. The Labute approximate surface area is 269 Å². The van der Waals surface area contributed by atoms with E-state index in [1.54, 1.807) is 12.4 Å². The van der Waals surface area contributed by atoms with Crippen LogP contribution < -0.4 is 15.4 Å². The highest BCUT2D eigenvalue weighted by Crippen LogP contribution is 2.17. The van der Waals surface area contributed by atoms with Gasteiger partial charge in [-0.3, -0.25) is 19.5 Å². The van der Waals surface area contributed by atoms with Crippen LogP contribution in [-0.2, 0) is 29.0 Å². The molecule has 8 heteroatoms. The second-order valence-electron chi connectivity index (χ2n) is 12.6. The molecule has 3 aromatic rings. The van der Waals surface area contributed by atoms with E-state index >= 15 is 0 Å². The van der Waals surface area contributed by atoms with Crippen molar-refractivity contribution in [3.8, 4) is 5.75 Å². The minimum Gasteiger partial charge on any atom is -0.489 e. The van der Waals surface area contributed by atoms with Crippen LogP contribution in [-0.4, -0.2) is 78.5 Å². The number of amides is 2. The fourth-order valence-electron chi connectivity index (χ4n) is 5.63. The fourth-order valence-corrected chi connectivity index (χ4v) is 5.63. The molecule has 4 rings (SSSR count). The molecule has 1 aromatic heterocycles. The molecule has 2 N–H and O–H groups in total. The molecule has 0 bridgehead atoms. The SMILES string of the molecule is CC(C)CCN(C)C(Cc1ccncc1)C(=O)NC(Cc1ccc(OCc2ccccc2)cc1)C(=O)NCCN1CCCCC1. The molecular weight excluding hydrogens is 562 g/mol. The predicted molar refractivity (Wildman–Crippen MR) is 180 cm³/mol. The van der Waals surface area contributed by atoms with Crippen molar-refractivity contribution in [1.82, 2.24) is 25.4 Å². The van der Waals surface area contributed by atoms with E-state index in [0.29, 0.717) is 31.9 Å². The minimum absolute atomic E-state index is 0.142. The van der Waals surface area contributed by atoms with Crippen LogP contribution in [0.15, 0.2) is 79.1 Å². The number of carbonyl (C=O) groups excluding carboxylic acids is 2. The lowest BCUT2D eigenvalue weighted by molar-refractivity contribution is -0.131. The predicted octanol–water partition coefficient (Wildman–Crippen LogP) is 4.88. The van der Waals surface area contributed by atoms with E-state index < -0.39 is 12.1 Å². The van der Waals surface area contributed by atoms with Gasteiger partial charge in [0.2, 0.25) is 11.8 Å². The number of aromatic nitrogens is 1. The molecule has 45 heavy (non-hydrogen) atoms. The van der Waals surface area contributed by atoms with Crippen LogP contribution >= 0.6 is 0 Å². The van der Waals surface area contributed by atoms with Gasteiger partial charge < -0.3 is 20.3 Å². The average Bonchev–Trinajstić information content (AvgIpc) is 3.06. The first kappa shape index (κ1) is 34.1. The molecule has 0 spiro atoms. The Hall–Kier alpha value is -3.75. The number of nitrogens with one attached hydrogen (secondary N) is 2. The molecule has 8 nitrogen and oxygen atoms in total. The van der Waals surface area contributed by atoms with Gasteiger partial charge in [-0.15, -0.1) is 0 Å². The number of piperidine rings is 1. The van der Waals surface area contributed by atoms with Gasteiger partial charge in [0, 0.05) is 31.9 Å².